The molecule has 3 rings (SSSR count). The van der Waals surface area contributed by atoms with E-state index in [-0.39, 0.29) is 0 Å². The molecule has 0 bridgehead atoms. The first-order valence-electron chi connectivity index (χ1n) is 7.72. The number of methoxy groups -OCH3 is 2. The van der Waals surface area contributed by atoms with Crippen LogP contribution >= 0.6 is 0 Å². The second-order valence-corrected chi connectivity index (χ2v) is 5.81. The van der Waals surface area contributed by atoms with Crippen LogP contribution in [0.3, 0.4) is 0 Å². The summed E-state index contributed by atoms with van der Waals surface area (Å²) in [6, 6.07) is 15.2. The largest absolute Gasteiger partial charge is 0.493 e. The lowest BCUT2D eigenvalue weighted by Gasteiger charge is -2.36. The first-order chi connectivity index (χ1) is 10.7. The van der Waals surface area contributed by atoms with E-state index in [0.29, 0.717) is 6.04 Å². The van der Waals surface area contributed by atoms with Gasteiger partial charge >= 0.3 is 0 Å². The Morgan fingerprint density at radius 1 is 1.05 bits per heavy atom. The quantitative estimate of drug-likeness (QED) is 0.862. The number of hydrogen-bond acceptors (Lipinski definition) is 3. The minimum absolute atomic E-state index is 0.316. The molecular weight excluding hydrogens is 274 g/mol. The average molecular weight is 297 g/mol. The second-order valence-electron chi connectivity index (χ2n) is 5.81. The van der Waals surface area contributed by atoms with Gasteiger partial charge in [-0.15, -0.1) is 0 Å². The van der Waals surface area contributed by atoms with Gasteiger partial charge in [0.2, 0.25) is 0 Å². The Labute approximate surface area is 132 Å². The van der Waals surface area contributed by atoms with Crippen molar-refractivity contribution in [3.63, 3.8) is 0 Å². The monoisotopic (exact) mass is 297 g/mol. The fourth-order valence-corrected chi connectivity index (χ4v) is 3.34. The fourth-order valence-electron chi connectivity index (χ4n) is 3.34. The molecule has 2 aromatic rings. The van der Waals surface area contributed by atoms with Crippen LogP contribution < -0.4 is 9.47 Å². The highest BCUT2D eigenvalue weighted by molar-refractivity contribution is 5.53. The topological polar surface area (TPSA) is 21.7 Å². The summed E-state index contributed by atoms with van der Waals surface area (Å²) in [6.07, 6.45) is 2.03. The third-order valence-electron chi connectivity index (χ3n) is 4.55. The second kappa shape index (κ2) is 6.41. The van der Waals surface area contributed by atoms with Crippen molar-refractivity contribution in [3.8, 4) is 11.5 Å². The lowest BCUT2D eigenvalue weighted by molar-refractivity contribution is 0.220. The van der Waals surface area contributed by atoms with Crippen LogP contribution in [0.1, 0.15) is 22.7 Å². The Balaban J connectivity index is 2.05. The van der Waals surface area contributed by atoms with Crippen molar-refractivity contribution in [1.82, 2.24) is 4.90 Å². The molecule has 0 amide bonds. The van der Waals surface area contributed by atoms with Crippen molar-refractivity contribution < 1.29 is 9.47 Å². The van der Waals surface area contributed by atoms with E-state index in [4.69, 9.17) is 9.47 Å². The van der Waals surface area contributed by atoms with Crippen molar-refractivity contribution in [3.05, 3.63) is 59.2 Å². The van der Waals surface area contributed by atoms with Gasteiger partial charge in [0.1, 0.15) is 0 Å². The van der Waals surface area contributed by atoms with E-state index in [0.717, 1.165) is 30.9 Å². The van der Waals surface area contributed by atoms with Crippen LogP contribution in [0.15, 0.2) is 42.5 Å². The van der Waals surface area contributed by atoms with E-state index in [1.54, 1.807) is 14.2 Å². The summed E-state index contributed by atoms with van der Waals surface area (Å²) >= 11 is 0. The molecule has 3 heteroatoms. The van der Waals surface area contributed by atoms with Gasteiger partial charge in [-0.1, -0.05) is 36.4 Å². The van der Waals surface area contributed by atoms with Gasteiger partial charge in [-0.05, 0) is 37.1 Å². The Bertz CT molecular complexity index is 639. The van der Waals surface area contributed by atoms with Gasteiger partial charge in [0.05, 0.1) is 14.2 Å². The Kier molecular flexibility index (Phi) is 4.34. The van der Waals surface area contributed by atoms with Gasteiger partial charge < -0.3 is 9.47 Å². The molecule has 2 aromatic carbocycles. The van der Waals surface area contributed by atoms with Crippen molar-refractivity contribution in [2.45, 2.75) is 18.9 Å². The van der Waals surface area contributed by atoms with Gasteiger partial charge in [0, 0.05) is 18.2 Å². The highest BCUT2D eigenvalue weighted by Crippen LogP contribution is 2.42. The molecule has 0 fully saturated rings. The summed E-state index contributed by atoms with van der Waals surface area (Å²) in [5, 5.41) is 0. The van der Waals surface area contributed by atoms with Gasteiger partial charge in [-0.25, -0.2) is 0 Å². The Morgan fingerprint density at radius 2 is 1.82 bits per heavy atom. The zero-order valence-electron chi connectivity index (χ0n) is 13.5. The maximum absolute atomic E-state index is 5.70. The predicted octanol–water partition coefficient (Wildman–Crippen LogP) is 3.48. The van der Waals surface area contributed by atoms with Crippen LogP contribution in [-0.4, -0.2) is 32.7 Å². The summed E-state index contributed by atoms with van der Waals surface area (Å²) in [5.74, 6) is 1.70. The number of fused-ring (bicyclic) bond motifs is 1. The molecule has 0 aromatic heterocycles. The number of hydrogen-bond donors (Lipinski definition) is 0. The molecular formula is C19H23NO2. The van der Waals surface area contributed by atoms with Crippen LogP contribution in [0.4, 0.5) is 0 Å². The maximum Gasteiger partial charge on any atom is 0.165 e. The highest BCUT2D eigenvalue weighted by Gasteiger charge is 2.29. The minimum Gasteiger partial charge on any atom is -0.493 e. The molecule has 0 aliphatic carbocycles. The summed E-state index contributed by atoms with van der Waals surface area (Å²) in [5.41, 5.74) is 3.99. The first kappa shape index (κ1) is 14.9. The van der Waals surface area contributed by atoms with Crippen molar-refractivity contribution in [1.29, 1.82) is 0 Å². The molecule has 0 saturated carbocycles. The van der Waals surface area contributed by atoms with Crippen LogP contribution in [0, 0.1) is 0 Å². The van der Waals surface area contributed by atoms with E-state index in [1.807, 2.05) is 6.07 Å². The van der Waals surface area contributed by atoms with E-state index in [1.165, 1.54) is 16.7 Å². The summed E-state index contributed by atoms with van der Waals surface area (Å²) in [7, 11) is 5.62. The fraction of sp³-hybridized carbons (Fsp3) is 0.368. The van der Waals surface area contributed by atoms with Gasteiger partial charge in [-0.2, -0.15) is 0 Å². The minimum atomic E-state index is 0.316. The van der Waals surface area contributed by atoms with Crippen LogP contribution in [0.25, 0.3) is 0 Å². The Morgan fingerprint density at radius 3 is 2.50 bits per heavy atom. The van der Waals surface area contributed by atoms with E-state index < -0.39 is 0 Å². The Hall–Kier alpha value is -2.00. The van der Waals surface area contributed by atoms with E-state index in [9.17, 15) is 0 Å². The number of benzene rings is 2. The number of ether oxygens (including phenoxy) is 2. The highest BCUT2D eigenvalue weighted by atomic mass is 16.5. The number of rotatable bonds is 4. The van der Waals surface area contributed by atoms with Gasteiger partial charge in [-0.3, -0.25) is 4.90 Å². The van der Waals surface area contributed by atoms with Crippen molar-refractivity contribution >= 4 is 0 Å². The molecule has 22 heavy (non-hydrogen) atoms. The van der Waals surface area contributed by atoms with E-state index in [2.05, 4.69) is 48.3 Å². The smallest absolute Gasteiger partial charge is 0.165 e. The third-order valence-corrected chi connectivity index (χ3v) is 4.55. The summed E-state index contributed by atoms with van der Waals surface area (Å²) in [6.45, 7) is 1.07. The summed E-state index contributed by atoms with van der Waals surface area (Å²) < 4.78 is 11.2. The molecule has 0 spiro atoms. The van der Waals surface area contributed by atoms with Gasteiger partial charge in [0.15, 0.2) is 11.5 Å². The normalized spacial score (nSPS) is 17.9. The molecule has 0 saturated heterocycles. The molecule has 1 aliphatic rings. The van der Waals surface area contributed by atoms with Crippen molar-refractivity contribution in [2.24, 2.45) is 0 Å². The zero-order valence-corrected chi connectivity index (χ0v) is 13.5. The molecule has 0 radical (unpaired) electrons. The summed E-state index contributed by atoms with van der Waals surface area (Å²) in [4.78, 5) is 2.41. The molecule has 1 aliphatic heterocycles. The van der Waals surface area contributed by atoms with Crippen LogP contribution in [0.2, 0.25) is 0 Å². The van der Waals surface area contributed by atoms with Crippen LogP contribution in [-0.2, 0) is 12.8 Å². The van der Waals surface area contributed by atoms with Crippen LogP contribution in [0.5, 0.6) is 11.5 Å². The lowest BCUT2D eigenvalue weighted by atomic mass is 9.88. The SMILES string of the molecule is COc1ccc2c(c1OC)C(Cc1ccccc1)N(C)CC2. The average Bonchev–Trinajstić information content (AvgIpc) is 2.57. The van der Waals surface area contributed by atoms with Gasteiger partial charge in [0.25, 0.3) is 0 Å². The first-order valence-corrected chi connectivity index (χ1v) is 7.72. The molecule has 116 valence electrons. The molecule has 1 heterocycles. The number of likely N-dealkylation sites (N-methyl/N-ethyl adjacent to an activating group) is 1. The zero-order chi connectivity index (χ0) is 15.5. The third kappa shape index (κ3) is 2.69. The molecule has 1 unspecified atom stereocenters. The lowest BCUT2D eigenvalue weighted by Crippen LogP contribution is -2.33. The molecule has 1 atom stereocenters. The number of nitrogens with zero attached hydrogens (tertiary/aromatic N) is 1. The molecule has 3 nitrogen and oxygen atoms in total. The molecule has 0 N–H and O–H groups in total. The standard InChI is InChI=1S/C19H23NO2/c1-20-12-11-15-9-10-17(21-2)19(22-3)18(15)16(20)13-14-7-5-4-6-8-14/h4-10,16H,11-13H2,1-3H3. The maximum atomic E-state index is 5.70. The van der Waals surface area contributed by atoms with E-state index >= 15 is 0 Å². The predicted molar refractivity (Wildman–Crippen MR) is 88.8 cm³/mol. The van der Waals surface area contributed by atoms with Crippen molar-refractivity contribution in [2.75, 3.05) is 27.8 Å².